The highest BCUT2D eigenvalue weighted by Gasteiger charge is 2.34. The monoisotopic (exact) mass is 303 g/mol. The summed E-state index contributed by atoms with van der Waals surface area (Å²) < 4.78 is 4.69. The van der Waals surface area contributed by atoms with Gasteiger partial charge in [0.25, 0.3) is 0 Å². The van der Waals surface area contributed by atoms with Crippen molar-refractivity contribution in [3.8, 4) is 0 Å². The van der Waals surface area contributed by atoms with Gasteiger partial charge in [-0.1, -0.05) is 19.1 Å². The highest BCUT2D eigenvalue weighted by molar-refractivity contribution is 5.90. The number of ether oxygens (including phenoxy) is 1. The summed E-state index contributed by atoms with van der Waals surface area (Å²) in [6.07, 6.45) is 3.69. The van der Waals surface area contributed by atoms with Crippen LogP contribution in [0.25, 0.3) is 0 Å². The smallest absolute Gasteiger partial charge is 0.337 e. The first-order valence-electron chi connectivity index (χ1n) is 7.93. The standard InChI is InChI=1S/C18H25NO3/c1-13(12-16(20)18(2)10-4-5-11-19-18)14-6-8-15(9-7-14)17(21)22-3/h6-9,13,19H,4-5,10-12H2,1-3H3/t13-,18?/m1/s1. The van der Waals surface area contributed by atoms with Gasteiger partial charge in [-0.3, -0.25) is 4.79 Å². The lowest BCUT2D eigenvalue weighted by Crippen LogP contribution is -2.52. The lowest BCUT2D eigenvalue weighted by atomic mass is 9.82. The fourth-order valence-corrected chi connectivity index (χ4v) is 2.98. The largest absolute Gasteiger partial charge is 0.465 e. The molecule has 0 spiro atoms. The highest BCUT2D eigenvalue weighted by atomic mass is 16.5. The molecule has 0 amide bonds. The molecule has 1 unspecified atom stereocenters. The summed E-state index contributed by atoms with van der Waals surface area (Å²) >= 11 is 0. The number of methoxy groups -OCH3 is 1. The van der Waals surface area contributed by atoms with E-state index in [0.29, 0.717) is 12.0 Å². The van der Waals surface area contributed by atoms with Crippen molar-refractivity contribution in [2.45, 2.75) is 51.0 Å². The number of carbonyl (C=O) groups is 2. The minimum atomic E-state index is -0.377. The Kier molecular flexibility index (Phi) is 5.35. The van der Waals surface area contributed by atoms with Crippen LogP contribution in [0.5, 0.6) is 0 Å². The molecule has 2 rings (SSSR count). The third-order valence-electron chi connectivity index (χ3n) is 4.63. The van der Waals surface area contributed by atoms with E-state index in [-0.39, 0.29) is 23.2 Å². The van der Waals surface area contributed by atoms with Crippen LogP contribution in [0.15, 0.2) is 24.3 Å². The van der Waals surface area contributed by atoms with Gasteiger partial charge >= 0.3 is 5.97 Å². The van der Waals surface area contributed by atoms with Gasteiger partial charge < -0.3 is 10.1 Å². The van der Waals surface area contributed by atoms with Crippen molar-refractivity contribution in [2.24, 2.45) is 0 Å². The number of esters is 1. The number of Topliss-reactive ketones (excluding diaryl/α,β-unsaturated/α-hetero) is 1. The average Bonchev–Trinajstić information content (AvgIpc) is 2.54. The third-order valence-corrected chi connectivity index (χ3v) is 4.63. The molecule has 0 saturated carbocycles. The van der Waals surface area contributed by atoms with Gasteiger partial charge in [0.2, 0.25) is 0 Å². The van der Waals surface area contributed by atoms with E-state index in [0.717, 1.165) is 31.4 Å². The highest BCUT2D eigenvalue weighted by Crippen LogP contribution is 2.27. The van der Waals surface area contributed by atoms with Crippen molar-refractivity contribution in [3.05, 3.63) is 35.4 Å². The van der Waals surface area contributed by atoms with E-state index >= 15 is 0 Å². The summed E-state index contributed by atoms with van der Waals surface area (Å²) in [4.78, 5) is 24.0. The molecule has 1 fully saturated rings. The Labute approximate surface area is 132 Å². The first kappa shape index (κ1) is 16.7. The number of nitrogens with one attached hydrogen (secondary N) is 1. The lowest BCUT2D eigenvalue weighted by molar-refractivity contribution is -0.126. The second-order valence-electron chi connectivity index (χ2n) is 6.36. The van der Waals surface area contributed by atoms with Gasteiger partial charge in [-0.2, -0.15) is 0 Å². The van der Waals surface area contributed by atoms with Crippen molar-refractivity contribution < 1.29 is 14.3 Å². The minimum Gasteiger partial charge on any atom is -0.465 e. The van der Waals surface area contributed by atoms with Gasteiger partial charge in [-0.25, -0.2) is 4.79 Å². The summed E-state index contributed by atoms with van der Waals surface area (Å²) in [5, 5.41) is 3.37. The number of rotatable bonds is 5. The Hall–Kier alpha value is -1.68. The third kappa shape index (κ3) is 3.74. The molecule has 0 bridgehead atoms. The zero-order chi connectivity index (χ0) is 16.2. The molecule has 1 aliphatic rings. The molecule has 4 nitrogen and oxygen atoms in total. The van der Waals surface area contributed by atoms with Crippen molar-refractivity contribution in [2.75, 3.05) is 13.7 Å². The van der Waals surface area contributed by atoms with Crippen molar-refractivity contribution in [1.82, 2.24) is 5.32 Å². The van der Waals surface area contributed by atoms with Gasteiger partial charge in [0.05, 0.1) is 18.2 Å². The topological polar surface area (TPSA) is 55.4 Å². The summed E-state index contributed by atoms with van der Waals surface area (Å²) in [5.41, 5.74) is 1.23. The summed E-state index contributed by atoms with van der Waals surface area (Å²) in [5.74, 6) is 0.0747. The summed E-state index contributed by atoms with van der Waals surface area (Å²) in [6, 6.07) is 7.31. The van der Waals surface area contributed by atoms with E-state index in [2.05, 4.69) is 12.2 Å². The van der Waals surface area contributed by atoms with Gasteiger partial charge in [0.1, 0.15) is 0 Å². The van der Waals surface area contributed by atoms with E-state index in [1.54, 1.807) is 12.1 Å². The zero-order valence-electron chi connectivity index (χ0n) is 13.6. The SMILES string of the molecule is COC(=O)c1ccc([C@H](C)CC(=O)C2(C)CCCCN2)cc1. The molecule has 0 radical (unpaired) electrons. The molecule has 0 aliphatic carbocycles. The zero-order valence-corrected chi connectivity index (χ0v) is 13.6. The van der Waals surface area contributed by atoms with Crippen LogP contribution in [-0.4, -0.2) is 30.9 Å². The molecular formula is C18H25NO3. The predicted octanol–water partition coefficient (Wildman–Crippen LogP) is 3.07. The van der Waals surface area contributed by atoms with Crippen LogP contribution in [0, 0.1) is 0 Å². The molecule has 22 heavy (non-hydrogen) atoms. The molecule has 1 heterocycles. The molecule has 2 atom stereocenters. The van der Waals surface area contributed by atoms with E-state index < -0.39 is 0 Å². The minimum absolute atomic E-state index is 0.139. The van der Waals surface area contributed by atoms with Crippen LogP contribution < -0.4 is 5.32 Å². The molecule has 4 heteroatoms. The number of benzene rings is 1. The first-order chi connectivity index (χ1) is 10.5. The van der Waals surface area contributed by atoms with Gasteiger partial charge in [0, 0.05) is 6.42 Å². The number of hydrogen-bond acceptors (Lipinski definition) is 4. The Balaban J connectivity index is 2.00. The van der Waals surface area contributed by atoms with Crippen LogP contribution in [0.2, 0.25) is 0 Å². The van der Waals surface area contributed by atoms with Gasteiger partial charge in [-0.15, -0.1) is 0 Å². The molecular weight excluding hydrogens is 278 g/mol. The summed E-state index contributed by atoms with van der Waals surface area (Å²) in [6.45, 7) is 4.99. The fraction of sp³-hybridized carbons (Fsp3) is 0.556. The maximum absolute atomic E-state index is 12.6. The maximum atomic E-state index is 12.6. The Morgan fingerprint density at radius 1 is 1.27 bits per heavy atom. The maximum Gasteiger partial charge on any atom is 0.337 e. The lowest BCUT2D eigenvalue weighted by Gasteiger charge is -2.34. The van der Waals surface area contributed by atoms with Gasteiger partial charge in [-0.05, 0) is 56.3 Å². The molecule has 1 aromatic rings. The Morgan fingerprint density at radius 3 is 2.50 bits per heavy atom. The number of piperidine rings is 1. The Morgan fingerprint density at radius 2 is 1.95 bits per heavy atom. The molecule has 1 N–H and O–H groups in total. The van der Waals surface area contributed by atoms with Crippen LogP contribution in [0.1, 0.15) is 61.4 Å². The van der Waals surface area contributed by atoms with Crippen molar-refractivity contribution in [1.29, 1.82) is 0 Å². The number of carbonyl (C=O) groups excluding carboxylic acids is 2. The normalized spacial score (nSPS) is 22.9. The molecule has 1 saturated heterocycles. The van der Waals surface area contributed by atoms with Crippen LogP contribution in [0.3, 0.4) is 0 Å². The number of hydrogen-bond donors (Lipinski definition) is 1. The predicted molar refractivity (Wildman–Crippen MR) is 86.1 cm³/mol. The second kappa shape index (κ2) is 7.05. The van der Waals surface area contributed by atoms with E-state index in [4.69, 9.17) is 4.74 Å². The van der Waals surface area contributed by atoms with Crippen LogP contribution in [0.4, 0.5) is 0 Å². The molecule has 120 valence electrons. The molecule has 1 aromatic carbocycles. The second-order valence-corrected chi connectivity index (χ2v) is 6.36. The summed E-state index contributed by atoms with van der Waals surface area (Å²) in [7, 11) is 1.37. The fourth-order valence-electron chi connectivity index (χ4n) is 2.98. The van der Waals surface area contributed by atoms with E-state index in [1.165, 1.54) is 7.11 Å². The molecule has 0 aromatic heterocycles. The van der Waals surface area contributed by atoms with E-state index in [9.17, 15) is 9.59 Å². The Bertz CT molecular complexity index is 530. The average molecular weight is 303 g/mol. The van der Waals surface area contributed by atoms with Crippen molar-refractivity contribution in [3.63, 3.8) is 0 Å². The van der Waals surface area contributed by atoms with Crippen molar-refractivity contribution >= 4 is 11.8 Å². The quantitative estimate of drug-likeness (QED) is 0.849. The number of ketones is 1. The van der Waals surface area contributed by atoms with Gasteiger partial charge in [0.15, 0.2) is 5.78 Å². The molecule has 1 aliphatic heterocycles. The first-order valence-corrected chi connectivity index (χ1v) is 7.93. The van der Waals surface area contributed by atoms with Crippen LogP contribution >= 0.6 is 0 Å². The van der Waals surface area contributed by atoms with Crippen LogP contribution in [-0.2, 0) is 9.53 Å². The van der Waals surface area contributed by atoms with E-state index in [1.807, 2.05) is 19.1 Å².